The number of hydrogen-bond donors (Lipinski definition) is 3. The number of phenols is 1. The smallest absolute Gasteiger partial charge is 0.115 e. The monoisotopic (exact) mass is 255 g/mol. The van der Waals surface area contributed by atoms with Gasteiger partial charge in [-0.2, -0.15) is 11.8 Å². The summed E-state index contributed by atoms with van der Waals surface area (Å²) < 4.78 is 0. The molecular formula is C13H21NO2S. The highest BCUT2D eigenvalue weighted by Gasteiger charge is 2.12. The molecule has 0 spiro atoms. The van der Waals surface area contributed by atoms with Crippen LogP contribution in [0.25, 0.3) is 0 Å². The van der Waals surface area contributed by atoms with Crippen molar-refractivity contribution < 1.29 is 10.2 Å². The van der Waals surface area contributed by atoms with Gasteiger partial charge in [0.2, 0.25) is 0 Å². The first-order valence-electron chi connectivity index (χ1n) is 5.82. The van der Waals surface area contributed by atoms with Gasteiger partial charge in [0.1, 0.15) is 5.75 Å². The lowest BCUT2D eigenvalue weighted by atomic mass is 10.1. The van der Waals surface area contributed by atoms with Crippen molar-refractivity contribution in [3.8, 4) is 5.75 Å². The first-order valence-corrected chi connectivity index (χ1v) is 7.21. The highest BCUT2D eigenvalue weighted by molar-refractivity contribution is 7.98. The summed E-state index contributed by atoms with van der Waals surface area (Å²) in [6.07, 6.45) is 3.01. The normalized spacial score (nSPS) is 14.5. The maximum Gasteiger partial charge on any atom is 0.115 e. The summed E-state index contributed by atoms with van der Waals surface area (Å²) >= 11 is 1.78. The lowest BCUT2D eigenvalue weighted by Crippen LogP contribution is -2.35. The number of hydrogen-bond acceptors (Lipinski definition) is 4. The third-order valence-corrected chi connectivity index (χ3v) is 3.39. The van der Waals surface area contributed by atoms with Crippen LogP contribution in [0, 0.1) is 0 Å². The lowest BCUT2D eigenvalue weighted by Gasteiger charge is -2.22. The van der Waals surface area contributed by atoms with Crippen LogP contribution in [0.1, 0.15) is 24.9 Å². The molecule has 0 heterocycles. The number of rotatable bonds is 7. The van der Waals surface area contributed by atoms with E-state index >= 15 is 0 Å². The van der Waals surface area contributed by atoms with E-state index in [-0.39, 0.29) is 24.4 Å². The van der Waals surface area contributed by atoms with E-state index in [9.17, 15) is 10.2 Å². The zero-order chi connectivity index (χ0) is 12.7. The maximum atomic E-state index is 9.41. The van der Waals surface area contributed by atoms with Crippen LogP contribution in [0.5, 0.6) is 5.75 Å². The standard InChI is InChI=1S/C13H21NO2S/c1-10(11-4-3-5-13(16)8-11)14-12(9-15)6-7-17-2/h3-5,8,10,12,14-16H,6-7,9H2,1-2H3/t10-,12+/m1/s1. The van der Waals surface area contributed by atoms with Crippen molar-refractivity contribution in [1.82, 2.24) is 5.32 Å². The van der Waals surface area contributed by atoms with Gasteiger partial charge in [0.25, 0.3) is 0 Å². The van der Waals surface area contributed by atoms with Crippen molar-refractivity contribution in [3.05, 3.63) is 29.8 Å². The second-order valence-corrected chi connectivity index (χ2v) is 5.13. The summed E-state index contributed by atoms with van der Waals surface area (Å²) in [6.45, 7) is 2.18. The molecule has 0 fully saturated rings. The minimum absolute atomic E-state index is 0.111. The fourth-order valence-electron chi connectivity index (χ4n) is 1.73. The SMILES string of the molecule is CSCC[C@@H](CO)N[C@H](C)c1cccc(O)c1. The van der Waals surface area contributed by atoms with Gasteiger partial charge in [-0.15, -0.1) is 0 Å². The molecule has 0 unspecified atom stereocenters. The molecule has 1 rings (SSSR count). The summed E-state index contributed by atoms with van der Waals surface area (Å²) in [4.78, 5) is 0. The Kier molecular flexibility index (Phi) is 6.40. The zero-order valence-corrected chi connectivity index (χ0v) is 11.2. The van der Waals surface area contributed by atoms with E-state index in [1.807, 2.05) is 19.1 Å². The first-order chi connectivity index (χ1) is 8.17. The highest BCUT2D eigenvalue weighted by Crippen LogP contribution is 2.18. The molecule has 0 aromatic heterocycles. The van der Waals surface area contributed by atoms with Gasteiger partial charge in [-0.25, -0.2) is 0 Å². The van der Waals surface area contributed by atoms with E-state index in [1.54, 1.807) is 23.9 Å². The Labute approximate surface area is 107 Å². The number of nitrogens with one attached hydrogen (secondary N) is 1. The number of aromatic hydroxyl groups is 1. The molecule has 0 aliphatic heterocycles. The number of thioether (sulfide) groups is 1. The van der Waals surface area contributed by atoms with E-state index in [2.05, 4.69) is 11.6 Å². The van der Waals surface area contributed by atoms with Crippen LogP contribution in [0.15, 0.2) is 24.3 Å². The summed E-state index contributed by atoms with van der Waals surface area (Å²) in [5.74, 6) is 1.31. The molecule has 0 saturated carbocycles. The third-order valence-electron chi connectivity index (χ3n) is 2.75. The predicted molar refractivity (Wildman–Crippen MR) is 73.5 cm³/mol. The van der Waals surface area contributed by atoms with Gasteiger partial charge in [-0.1, -0.05) is 12.1 Å². The van der Waals surface area contributed by atoms with Crippen molar-refractivity contribution in [1.29, 1.82) is 0 Å². The predicted octanol–water partition coefficient (Wildman–Crippen LogP) is 2.16. The van der Waals surface area contributed by atoms with E-state index < -0.39 is 0 Å². The van der Waals surface area contributed by atoms with Crippen molar-refractivity contribution in [2.75, 3.05) is 18.6 Å². The molecule has 3 nitrogen and oxygen atoms in total. The third kappa shape index (κ3) is 4.98. The number of benzene rings is 1. The van der Waals surface area contributed by atoms with Crippen LogP contribution >= 0.6 is 11.8 Å². The largest absolute Gasteiger partial charge is 0.508 e. The minimum Gasteiger partial charge on any atom is -0.508 e. The van der Waals surface area contributed by atoms with Gasteiger partial charge < -0.3 is 15.5 Å². The van der Waals surface area contributed by atoms with Gasteiger partial charge in [0, 0.05) is 12.1 Å². The summed E-state index contributed by atoms with van der Waals surface area (Å²) in [6, 6.07) is 7.45. The van der Waals surface area contributed by atoms with Crippen LogP contribution < -0.4 is 5.32 Å². The van der Waals surface area contributed by atoms with Crippen molar-refractivity contribution in [2.24, 2.45) is 0 Å². The average Bonchev–Trinajstić information content (AvgIpc) is 2.34. The van der Waals surface area contributed by atoms with Gasteiger partial charge in [0.15, 0.2) is 0 Å². The molecule has 2 atom stereocenters. The minimum atomic E-state index is 0.111. The molecule has 17 heavy (non-hydrogen) atoms. The quantitative estimate of drug-likeness (QED) is 0.699. The molecule has 3 N–H and O–H groups in total. The summed E-state index contributed by atoms with van der Waals surface area (Å²) in [7, 11) is 0. The first kappa shape index (κ1) is 14.4. The Hall–Kier alpha value is -0.710. The van der Waals surface area contributed by atoms with Crippen LogP contribution in [0.2, 0.25) is 0 Å². The summed E-state index contributed by atoms with van der Waals surface area (Å²) in [5, 5.41) is 22.1. The van der Waals surface area contributed by atoms with Crippen LogP contribution in [-0.2, 0) is 0 Å². The molecule has 0 aliphatic carbocycles. The molecule has 0 radical (unpaired) electrons. The van der Waals surface area contributed by atoms with Crippen LogP contribution in [0.4, 0.5) is 0 Å². The zero-order valence-electron chi connectivity index (χ0n) is 10.4. The maximum absolute atomic E-state index is 9.41. The average molecular weight is 255 g/mol. The Bertz CT molecular complexity index is 333. The Morgan fingerprint density at radius 3 is 2.76 bits per heavy atom. The molecular weight excluding hydrogens is 234 g/mol. The molecule has 4 heteroatoms. The van der Waals surface area contributed by atoms with Crippen LogP contribution in [0.3, 0.4) is 0 Å². The Morgan fingerprint density at radius 1 is 1.41 bits per heavy atom. The molecule has 1 aromatic rings. The van der Waals surface area contributed by atoms with E-state index in [1.165, 1.54) is 0 Å². The van der Waals surface area contributed by atoms with Crippen molar-refractivity contribution in [2.45, 2.75) is 25.4 Å². The second kappa shape index (κ2) is 7.58. The number of aliphatic hydroxyl groups is 1. The fraction of sp³-hybridized carbons (Fsp3) is 0.538. The molecule has 1 aromatic carbocycles. The van der Waals surface area contributed by atoms with Gasteiger partial charge in [-0.05, 0) is 43.0 Å². The number of aliphatic hydroxyl groups excluding tert-OH is 1. The molecule has 0 amide bonds. The van der Waals surface area contributed by atoms with Crippen LogP contribution in [-0.4, -0.2) is 34.9 Å². The van der Waals surface area contributed by atoms with E-state index in [0.29, 0.717) is 0 Å². The Morgan fingerprint density at radius 2 is 2.18 bits per heavy atom. The molecule has 96 valence electrons. The van der Waals surface area contributed by atoms with Gasteiger partial charge in [0.05, 0.1) is 6.61 Å². The van der Waals surface area contributed by atoms with E-state index in [4.69, 9.17) is 0 Å². The van der Waals surface area contributed by atoms with Gasteiger partial charge >= 0.3 is 0 Å². The fourth-order valence-corrected chi connectivity index (χ4v) is 2.25. The molecule has 0 bridgehead atoms. The lowest BCUT2D eigenvalue weighted by molar-refractivity contribution is 0.231. The topological polar surface area (TPSA) is 52.5 Å². The highest BCUT2D eigenvalue weighted by atomic mass is 32.2. The molecule has 0 aliphatic rings. The summed E-state index contributed by atoms with van der Waals surface area (Å²) in [5.41, 5.74) is 1.03. The van der Waals surface area contributed by atoms with Crippen molar-refractivity contribution in [3.63, 3.8) is 0 Å². The van der Waals surface area contributed by atoms with E-state index in [0.717, 1.165) is 17.7 Å². The second-order valence-electron chi connectivity index (χ2n) is 4.14. The van der Waals surface area contributed by atoms with Crippen molar-refractivity contribution >= 4 is 11.8 Å². The van der Waals surface area contributed by atoms with Gasteiger partial charge in [-0.3, -0.25) is 0 Å². The molecule has 0 saturated heterocycles. The number of phenolic OH excluding ortho intramolecular Hbond substituents is 1. The Balaban J connectivity index is 2.54.